The van der Waals surface area contributed by atoms with Gasteiger partial charge >= 0.3 is 233 Å². The van der Waals surface area contributed by atoms with Gasteiger partial charge in [-0.05, 0) is 68.9 Å². The van der Waals surface area contributed by atoms with Crippen molar-refractivity contribution in [1.82, 2.24) is 30.3 Å². The number of pyridine rings is 1. The number of carbonyl (C=O) groups excluding carboxylic acids is 3. The molecular formula is C54H76IN7O7S. The number of nitrogens with zero attached hydrogens (tertiary/aromatic N) is 4. The van der Waals surface area contributed by atoms with Gasteiger partial charge in [-0.15, -0.1) is 0 Å². The number of amides is 2. The Labute approximate surface area is 425 Å². The van der Waals surface area contributed by atoms with Crippen LogP contribution in [0, 0.1) is 17.3 Å². The molecule has 2 amide bonds. The molecule has 8 atom stereocenters. The molecule has 0 spiro atoms. The van der Waals surface area contributed by atoms with Crippen LogP contribution in [0.2, 0.25) is 0 Å². The number of aromatic nitrogens is 3. The van der Waals surface area contributed by atoms with Gasteiger partial charge in [0.25, 0.3) is 0 Å². The van der Waals surface area contributed by atoms with E-state index in [-0.39, 0.29) is 40.4 Å². The Morgan fingerprint density at radius 2 is 1.90 bits per heavy atom. The van der Waals surface area contributed by atoms with E-state index in [9.17, 15) is 14.4 Å². The van der Waals surface area contributed by atoms with Crippen molar-refractivity contribution in [3.8, 4) is 22.5 Å². The van der Waals surface area contributed by atoms with Gasteiger partial charge in [-0.1, -0.05) is 39.5 Å². The molecule has 4 N–H and O–H groups in total. The standard InChI is InChI=1S/C54H76IN7O7S/c1-9-61-44-18-17-35-24-39(44)41(48(61)40-25-37(27-57-46(40)32(4)66-8)36(22-34-15-16-34)23-38(56)28-67-21-19-33-13-14-33)26-54(5,6)30-69-53(65)42-12-11-20-62(60-42)52(64)47(59-50(63)45-31(3)55(45)7)49(68-10-2)51-58-43(35)29-70-51/h17-18,24-25,27,29,31-34,36,38,42,45,47,49,60H,9-16,19-23,26,28,30,56H2,1-8H3,(H,59,63)/t31-,32+,36+,38+,42+,45+,47+,49+/m1/s1. The van der Waals surface area contributed by atoms with Crippen LogP contribution in [0.3, 0.4) is 0 Å². The quantitative estimate of drug-likeness (QED) is 0.0376. The monoisotopic (exact) mass is 1090 g/mol. The zero-order chi connectivity index (χ0) is 49.4. The summed E-state index contributed by atoms with van der Waals surface area (Å²) in [6.07, 6.45) is 10.7. The summed E-state index contributed by atoms with van der Waals surface area (Å²) in [5.74, 6) is 0.856. The van der Waals surface area contributed by atoms with Crippen molar-refractivity contribution in [1.29, 1.82) is 0 Å². The number of rotatable bonds is 18. The number of alkyl halides is 3. The Hall–Kier alpha value is -3.52. The summed E-state index contributed by atoms with van der Waals surface area (Å²) >= 11 is -0.00357. The summed E-state index contributed by atoms with van der Waals surface area (Å²) in [4.78, 5) is 55.4. The number of benzene rings is 1. The number of hydrazine groups is 1. The van der Waals surface area contributed by atoms with Crippen molar-refractivity contribution in [2.45, 2.75) is 156 Å². The van der Waals surface area contributed by atoms with Gasteiger partial charge in [-0.2, -0.15) is 0 Å². The third-order valence-electron chi connectivity index (χ3n) is 15.3. The predicted molar refractivity (Wildman–Crippen MR) is 284 cm³/mol. The van der Waals surface area contributed by atoms with E-state index in [1.165, 1.54) is 47.6 Å². The minimum absolute atomic E-state index is 0.0404. The van der Waals surface area contributed by atoms with Crippen molar-refractivity contribution in [3.63, 3.8) is 0 Å². The summed E-state index contributed by atoms with van der Waals surface area (Å²) in [5.41, 5.74) is 17.6. The van der Waals surface area contributed by atoms with Crippen LogP contribution in [0.15, 0.2) is 35.8 Å². The molecule has 3 aliphatic heterocycles. The van der Waals surface area contributed by atoms with Crippen LogP contribution in [-0.4, -0.2) is 108 Å². The molecule has 3 aromatic heterocycles. The number of cyclic esters (lactones) is 1. The number of fused-ring (bicyclic) bond motifs is 6. The summed E-state index contributed by atoms with van der Waals surface area (Å²) in [6.45, 7) is 15.4. The summed E-state index contributed by atoms with van der Waals surface area (Å²) < 4.78 is 27.6. The van der Waals surface area contributed by atoms with Gasteiger partial charge in [0.1, 0.15) is 0 Å². The number of aryl methyl sites for hydroxylation is 1. The van der Waals surface area contributed by atoms with Gasteiger partial charge in [0, 0.05) is 38.1 Å². The Morgan fingerprint density at radius 1 is 1.13 bits per heavy atom. The predicted octanol–water partition coefficient (Wildman–Crippen LogP) is 9.06. The van der Waals surface area contributed by atoms with E-state index < -0.39 is 49.4 Å². The molecule has 0 radical (unpaired) electrons. The fraction of sp³-hybridized carbons (Fsp3) is 0.648. The van der Waals surface area contributed by atoms with Crippen molar-refractivity contribution >= 4 is 59.8 Å². The van der Waals surface area contributed by atoms with Crippen LogP contribution < -0.4 is 16.5 Å². The second-order valence-electron chi connectivity index (χ2n) is 21.4. The molecule has 6 bridgehead atoms. The van der Waals surface area contributed by atoms with Gasteiger partial charge in [0.05, 0.1) is 24.1 Å². The van der Waals surface area contributed by atoms with Crippen LogP contribution in [0.25, 0.3) is 33.4 Å². The van der Waals surface area contributed by atoms with Crippen molar-refractivity contribution < 1.29 is 33.3 Å². The molecular weight excluding hydrogens is 1020 g/mol. The SMILES string of the molecule is CCO[C@@H]1c2nc(cs2)-c2ccc3c(c2)c(c(-c2cc([C@@H](CC4CC4)C[C@H](N)COCCC4CC4)cnc2[C@H](C)OC)n3CC)CC(C)(C)COC(=O)[C@@H]2CCCN(N2)C(=O)[C@H]1NC(=O)[C@@H]1[C@@H](C)I1C. The van der Waals surface area contributed by atoms with Crippen molar-refractivity contribution in [2.75, 3.05) is 45.0 Å². The van der Waals surface area contributed by atoms with E-state index >= 15 is 0 Å². The zero-order valence-electron chi connectivity index (χ0n) is 42.6. The van der Waals surface area contributed by atoms with Crippen molar-refractivity contribution in [3.05, 3.63) is 57.7 Å². The van der Waals surface area contributed by atoms with E-state index in [2.05, 4.69) is 85.3 Å². The first-order valence-electron chi connectivity index (χ1n) is 25.9. The van der Waals surface area contributed by atoms with Gasteiger partial charge < -0.3 is 19.8 Å². The molecule has 1 aromatic carbocycles. The van der Waals surface area contributed by atoms with E-state index in [0.29, 0.717) is 60.4 Å². The molecule has 4 fully saturated rings. The number of halogens is 1. The molecule has 9 rings (SSSR count). The van der Waals surface area contributed by atoms with Crippen molar-refractivity contribution in [2.24, 2.45) is 23.0 Å². The number of carbonyl (C=O) groups is 3. The van der Waals surface area contributed by atoms with Crippen LogP contribution >= 0.6 is 31.2 Å². The van der Waals surface area contributed by atoms with Gasteiger partial charge in [0.2, 0.25) is 0 Å². The fourth-order valence-corrected chi connectivity index (χ4v) is 17.1. The summed E-state index contributed by atoms with van der Waals surface area (Å²) in [5, 5.41) is 8.34. The first kappa shape index (κ1) is 51.4. The first-order valence-corrected chi connectivity index (χ1v) is 31.4. The van der Waals surface area contributed by atoms with Gasteiger partial charge in [-0.25, -0.2) is 0 Å². The molecule has 14 nitrogen and oxygen atoms in total. The summed E-state index contributed by atoms with van der Waals surface area (Å²) in [6, 6.07) is 7.04. The number of thiazole rings is 1. The minimum atomic E-state index is -1.43. The van der Waals surface area contributed by atoms with E-state index in [1.807, 2.05) is 12.3 Å². The Bertz CT molecular complexity index is 2510. The average Bonchev–Trinajstić information content (AvgIpc) is 4.33. The summed E-state index contributed by atoms with van der Waals surface area (Å²) in [7, 11) is 1.74. The van der Waals surface area contributed by atoms with E-state index in [0.717, 1.165) is 76.5 Å². The second kappa shape index (κ2) is 21.9. The Kier molecular flexibility index (Phi) is 16.1. The second-order valence-corrected chi connectivity index (χ2v) is 28.8. The van der Waals surface area contributed by atoms with E-state index in [1.54, 1.807) is 7.11 Å². The number of hydrogen-bond donors (Lipinski definition) is 3. The number of nitrogens with one attached hydrogen (secondary N) is 2. The molecule has 2 saturated carbocycles. The number of nitrogens with two attached hydrogens (primary N) is 1. The molecule has 16 heteroatoms. The number of methoxy groups -OCH3 is 1. The maximum absolute atomic E-state index is 14.7. The third-order valence-corrected chi connectivity index (χ3v) is 22.9. The number of ether oxygens (including phenoxy) is 4. The normalized spacial score (nSPS) is 25.6. The maximum atomic E-state index is 14.7. The molecule has 2 aliphatic carbocycles. The van der Waals surface area contributed by atoms with Crippen LogP contribution in [-0.2, 0) is 46.3 Å². The molecule has 6 heterocycles. The topological polar surface area (TPSA) is 172 Å². The average molecular weight is 1090 g/mol. The Balaban J connectivity index is 1.15. The zero-order valence-corrected chi connectivity index (χ0v) is 45.5. The van der Waals surface area contributed by atoms with Crippen LogP contribution in [0.1, 0.15) is 139 Å². The Morgan fingerprint density at radius 3 is 2.60 bits per heavy atom. The molecule has 5 aliphatic rings. The van der Waals surface area contributed by atoms with Crippen LogP contribution in [0.5, 0.6) is 0 Å². The molecule has 4 aromatic rings. The molecule has 382 valence electrons. The van der Waals surface area contributed by atoms with E-state index in [4.69, 9.17) is 34.6 Å². The van der Waals surface area contributed by atoms with Gasteiger partial charge in [-0.3, -0.25) is 4.98 Å². The van der Waals surface area contributed by atoms with Crippen LogP contribution in [0.4, 0.5) is 0 Å². The number of hydrogen-bond acceptors (Lipinski definition) is 12. The first-order chi connectivity index (χ1) is 33.7. The molecule has 0 unspecified atom stereocenters. The fourth-order valence-electron chi connectivity index (χ4n) is 10.7. The number of esters is 1. The van der Waals surface area contributed by atoms with Gasteiger partial charge in [0.15, 0.2) is 0 Å². The molecule has 2 saturated heterocycles. The molecule has 70 heavy (non-hydrogen) atoms. The third kappa shape index (κ3) is 11.5.